The van der Waals surface area contributed by atoms with E-state index in [0.29, 0.717) is 25.4 Å². The molecular formula is C16H25N3O3. The van der Waals surface area contributed by atoms with Gasteiger partial charge in [0.25, 0.3) is 5.91 Å². The fourth-order valence-corrected chi connectivity index (χ4v) is 2.58. The lowest BCUT2D eigenvalue weighted by Crippen LogP contribution is -2.54. The third kappa shape index (κ3) is 4.34. The summed E-state index contributed by atoms with van der Waals surface area (Å²) in [4.78, 5) is 28.9. The normalized spacial score (nSPS) is 17.5. The molecule has 0 unspecified atom stereocenters. The van der Waals surface area contributed by atoms with Gasteiger partial charge in [-0.15, -0.1) is 0 Å². The molecule has 0 aromatic carbocycles. The number of nitrogens with one attached hydrogen (secondary N) is 1. The molecule has 2 amide bonds. The second kappa shape index (κ2) is 7.45. The first-order valence-corrected chi connectivity index (χ1v) is 7.79. The maximum Gasteiger partial charge on any atom is 0.287 e. The summed E-state index contributed by atoms with van der Waals surface area (Å²) in [5, 5.41) is 2.82. The summed E-state index contributed by atoms with van der Waals surface area (Å²) >= 11 is 0. The number of rotatable bonds is 5. The van der Waals surface area contributed by atoms with Crippen LogP contribution in [0.2, 0.25) is 0 Å². The number of hydrogen-bond donors (Lipinski definition) is 1. The zero-order chi connectivity index (χ0) is 16.1. The Hall–Kier alpha value is -1.82. The van der Waals surface area contributed by atoms with Crippen LogP contribution in [0.3, 0.4) is 0 Å². The average molecular weight is 307 g/mol. The molecule has 0 bridgehead atoms. The molecule has 1 saturated heterocycles. The largest absolute Gasteiger partial charge is 0.459 e. The van der Waals surface area contributed by atoms with E-state index in [2.05, 4.69) is 10.2 Å². The second-order valence-electron chi connectivity index (χ2n) is 6.26. The smallest absolute Gasteiger partial charge is 0.287 e. The number of hydrogen-bond acceptors (Lipinski definition) is 4. The van der Waals surface area contributed by atoms with E-state index in [1.807, 2.05) is 25.8 Å². The van der Waals surface area contributed by atoms with Gasteiger partial charge in [-0.3, -0.25) is 9.59 Å². The molecule has 6 nitrogen and oxygen atoms in total. The van der Waals surface area contributed by atoms with Gasteiger partial charge >= 0.3 is 0 Å². The molecule has 22 heavy (non-hydrogen) atoms. The van der Waals surface area contributed by atoms with Crippen LogP contribution < -0.4 is 5.32 Å². The molecule has 1 aliphatic heterocycles. The summed E-state index contributed by atoms with van der Waals surface area (Å²) in [7, 11) is 2.05. The molecule has 2 heterocycles. The van der Waals surface area contributed by atoms with Crippen LogP contribution in [-0.4, -0.2) is 60.9 Å². The van der Waals surface area contributed by atoms with Crippen molar-refractivity contribution in [3.05, 3.63) is 24.2 Å². The Balaban J connectivity index is 2.01. The van der Waals surface area contributed by atoms with E-state index in [1.54, 1.807) is 12.1 Å². The number of carbonyl (C=O) groups is 2. The van der Waals surface area contributed by atoms with Gasteiger partial charge in [-0.05, 0) is 31.5 Å². The van der Waals surface area contributed by atoms with E-state index in [0.717, 1.165) is 13.1 Å². The molecule has 0 radical (unpaired) electrons. The van der Waals surface area contributed by atoms with Gasteiger partial charge in [0.2, 0.25) is 5.91 Å². The van der Waals surface area contributed by atoms with Crippen LogP contribution in [0.4, 0.5) is 0 Å². The molecule has 6 heteroatoms. The van der Waals surface area contributed by atoms with Crippen molar-refractivity contribution >= 4 is 11.8 Å². The molecule has 1 N–H and O–H groups in total. The molecule has 2 rings (SSSR count). The first-order valence-electron chi connectivity index (χ1n) is 7.79. The zero-order valence-electron chi connectivity index (χ0n) is 13.5. The number of likely N-dealkylation sites (N-methyl/N-ethyl adjacent to an activating group) is 1. The molecule has 1 aromatic heterocycles. The van der Waals surface area contributed by atoms with Crippen LogP contribution in [0.25, 0.3) is 0 Å². The first kappa shape index (κ1) is 16.5. The standard InChI is InChI=1S/C16H25N3O3/c1-12(2)11-13(17-15(20)14-5-4-10-22-14)16(21)19-8-6-18(3)7-9-19/h4-5,10,12-13H,6-9,11H2,1-3H3,(H,17,20)/t13-/m1/s1. The van der Waals surface area contributed by atoms with Crippen LogP contribution in [-0.2, 0) is 4.79 Å². The Morgan fingerprint density at radius 3 is 2.50 bits per heavy atom. The highest BCUT2D eigenvalue weighted by atomic mass is 16.3. The number of carbonyl (C=O) groups excluding carboxylic acids is 2. The Morgan fingerprint density at radius 1 is 1.27 bits per heavy atom. The van der Waals surface area contributed by atoms with Gasteiger partial charge in [-0.2, -0.15) is 0 Å². The summed E-state index contributed by atoms with van der Waals surface area (Å²) < 4.78 is 5.10. The summed E-state index contributed by atoms with van der Waals surface area (Å²) in [6.07, 6.45) is 2.08. The number of piperazine rings is 1. The number of nitrogens with zero attached hydrogens (tertiary/aromatic N) is 2. The Bertz CT molecular complexity index is 491. The molecule has 0 spiro atoms. The van der Waals surface area contributed by atoms with E-state index in [4.69, 9.17) is 4.42 Å². The van der Waals surface area contributed by atoms with Crippen LogP contribution in [0, 0.1) is 5.92 Å². The number of amides is 2. The molecule has 1 fully saturated rings. The van der Waals surface area contributed by atoms with Gasteiger partial charge in [-0.1, -0.05) is 13.8 Å². The lowest BCUT2D eigenvalue weighted by Gasteiger charge is -2.35. The van der Waals surface area contributed by atoms with Crippen LogP contribution in [0.5, 0.6) is 0 Å². The molecule has 0 aliphatic carbocycles. The molecule has 1 atom stereocenters. The van der Waals surface area contributed by atoms with E-state index in [1.165, 1.54) is 6.26 Å². The minimum Gasteiger partial charge on any atom is -0.459 e. The van der Waals surface area contributed by atoms with Crippen molar-refractivity contribution in [2.45, 2.75) is 26.3 Å². The Morgan fingerprint density at radius 2 is 1.95 bits per heavy atom. The van der Waals surface area contributed by atoms with E-state index < -0.39 is 6.04 Å². The molecule has 122 valence electrons. The van der Waals surface area contributed by atoms with Crippen LogP contribution in [0.1, 0.15) is 30.8 Å². The molecular weight excluding hydrogens is 282 g/mol. The third-order valence-corrected chi connectivity index (χ3v) is 3.87. The fourth-order valence-electron chi connectivity index (χ4n) is 2.58. The number of furan rings is 1. The van der Waals surface area contributed by atoms with Crippen molar-refractivity contribution < 1.29 is 14.0 Å². The summed E-state index contributed by atoms with van der Waals surface area (Å²) in [6.45, 7) is 7.24. The average Bonchev–Trinajstić information content (AvgIpc) is 3.00. The van der Waals surface area contributed by atoms with Gasteiger partial charge in [-0.25, -0.2) is 0 Å². The highest BCUT2D eigenvalue weighted by molar-refractivity contribution is 5.95. The first-order chi connectivity index (χ1) is 10.5. The topological polar surface area (TPSA) is 65.8 Å². The van der Waals surface area contributed by atoms with Gasteiger partial charge in [0.05, 0.1) is 6.26 Å². The van der Waals surface area contributed by atoms with Crippen LogP contribution in [0.15, 0.2) is 22.8 Å². The lowest BCUT2D eigenvalue weighted by atomic mass is 10.0. The molecule has 1 aliphatic rings. The SMILES string of the molecule is CC(C)C[C@@H](NC(=O)c1ccco1)C(=O)N1CCN(C)CC1. The third-order valence-electron chi connectivity index (χ3n) is 3.87. The van der Waals surface area contributed by atoms with Crippen molar-refractivity contribution in [2.75, 3.05) is 33.2 Å². The highest BCUT2D eigenvalue weighted by Gasteiger charge is 2.29. The predicted octanol–water partition coefficient (Wildman–Crippen LogP) is 1.20. The monoisotopic (exact) mass is 307 g/mol. The van der Waals surface area contributed by atoms with Gasteiger partial charge in [0.1, 0.15) is 6.04 Å². The Labute approximate surface area is 131 Å². The molecule has 0 saturated carbocycles. The van der Waals surface area contributed by atoms with Gasteiger partial charge < -0.3 is 19.5 Å². The quantitative estimate of drug-likeness (QED) is 0.887. The fraction of sp³-hybridized carbons (Fsp3) is 0.625. The summed E-state index contributed by atoms with van der Waals surface area (Å²) in [6, 6.07) is 2.76. The van der Waals surface area contributed by atoms with Crippen molar-refractivity contribution in [3.8, 4) is 0 Å². The minimum atomic E-state index is -0.499. The van der Waals surface area contributed by atoms with Gasteiger partial charge in [0.15, 0.2) is 5.76 Å². The lowest BCUT2D eigenvalue weighted by molar-refractivity contribution is -0.135. The maximum atomic E-state index is 12.7. The second-order valence-corrected chi connectivity index (χ2v) is 6.26. The minimum absolute atomic E-state index is 0.00158. The van der Waals surface area contributed by atoms with Crippen molar-refractivity contribution in [2.24, 2.45) is 5.92 Å². The van der Waals surface area contributed by atoms with E-state index in [9.17, 15) is 9.59 Å². The molecule has 1 aromatic rings. The summed E-state index contributed by atoms with van der Waals surface area (Å²) in [5.74, 6) is 0.220. The predicted molar refractivity (Wildman–Crippen MR) is 83.5 cm³/mol. The Kier molecular flexibility index (Phi) is 5.60. The van der Waals surface area contributed by atoms with Crippen molar-refractivity contribution in [1.82, 2.24) is 15.1 Å². The van der Waals surface area contributed by atoms with Gasteiger partial charge in [0, 0.05) is 26.2 Å². The van der Waals surface area contributed by atoms with Crippen LogP contribution >= 0.6 is 0 Å². The zero-order valence-corrected chi connectivity index (χ0v) is 13.5. The highest BCUT2D eigenvalue weighted by Crippen LogP contribution is 2.11. The van der Waals surface area contributed by atoms with Crippen molar-refractivity contribution in [3.63, 3.8) is 0 Å². The maximum absolute atomic E-state index is 12.7. The van der Waals surface area contributed by atoms with E-state index in [-0.39, 0.29) is 17.6 Å². The van der Waals surface area contributed by atoms with E-state index >= 15 is 0 Å². The summed E-state index contributed by atoms with van der Waals surface area (Å²) in [5.41, 5.74) is 0. The van der Waals surface area contributed by atoms with Crippen molar-refractivity contribution in [1.29, 1.82) is 0 Å².